The summed E-state index contributed by atoms with van der Waals surface area (Å²) >= 11 is 0. The van der Waals surface area contributed by atoms with E-state index in [2.05, 4.69) is 22.4 Å². The van der Waals surface area contributed by atoms with E-state index in [9.17, 15) is 4.79 Å². The van der Waals surface area contributed by atoms with Crippen molar-refractivity contribution in [2.24, 2.45) is 13.0 Å². The summed E-state index contributed by atoms with van der Waals surface area (Å²) in [6.45, 7) is 5.46. The van der Waals surface area contributed by atoms with E-state index in [1.54, 1.807) is 10.9 Å². The first-order valence-electron chi connectivity index (χ1n) is 9.12. The fraction of sp³-hybridized carbons (Fsp3) is 0.474. The van der Waals surface area contributed by atoms with Crippen LogP contribution < -0.4 is 5.32 Å². The Balaban J connectivity index is 1.49. The molecule has 136 valence electrons. The molecule has 1 saturated carbocycles. The highest BCUT2D eigenvalue weighted by Gasteiger charge is 2.27. The molecule has 0 unspecified atom stereocenters. The molecule has 1 fully saturated rings. The van der Waals surface area contributed by atoms with Crippen LogP contribution in [0, 0.1) is 12.8 Å². The summed E-state index contributed by atoms with van der Waals surface area (Å²) in [5.74, 6) is 0.714. The van der Waals surface area contributed by atoms with Gasteiger partial charge in [0.25, 0.3) is 5.91 Å². The number of rotatable bonds is 6. The second-order valence-electron chi connectivity index (χ2n) is 7.37. The zero-order valence-electron chi connectivity index (χ0n) is 15.4. The largest absolute Gasteiger partial charge is 0.352 e. The van der Waals surface area contributed by atoms with Gasteiger partial charge in [-0.3, -0.25) is 14.2 Å². The maximum atomic E-state index is 12.8. The molecule has 0 bridgehead atoms. The lowest BCUT2D eigenvalue weighted by Gasteiger charge is -2.13. The lowest BCUT2D eigenvalue weighted by atomic mass is 10.1. The van der Waals surface area contributed by atoms with Gasteiger partial charge in [0.2, 0.25) is 0 Å². The third-order valence-corrected chi connectivity index (χ3v) is 4.85. The molecule has 1 atom stereocenters. The number of pyridine rings is 1. The Kier molecular flexibility index (Phi) is 4.22. The fourth-order valence-corrected chi connectivity index (χ4v) is 3.22. The first kappa shape index (κ1) is 16.8. The number of amides is 1. The third kappa shape index (κ3) is 3.34. The van der Waals surface area contributed by atoms with Gasteiger partial charge in [0.15, 0.2) is 5.65 Å². The third-order valence-electron chi connectivity index (χ3n) is 4.85. The molecule has 3 aromatic heterocycles. The van der Waals surface area contributed by atoms with Crippen molar-refractivity contribution >= 4 is 16.9 Å². The maximum absolute atomic E-state index is 12.8. The summed E-state index contributed by atoms with van der Waals surface area (Å²) in [5.41, 5.74) is 3.46. The molecule has 0 saturated heterocycles. The highest BCUT2D eigenvalue weighted by Crippen LogP contribution is 2.40. The average molecular weight is 352 g/mol. The number of fused-ring (bicyclic) bond motifs is 1. The zero-order valence-corrected chi connectivity index (χ0v) is 15.4. The lowest BCUT2D eigenvalue weighted by Crippen LogP contribution is -2.30. The van der Waals surface area contributed by atoms with Crippen molar-refractivity contribution in [1.82, 2.24) is 29.9 Å². The Hall–Kier alpha value is -2.70. The second kappa shape index (κ2) is 6.55. The van der Waals surface area contributed by atoms with E-state index in [0.717, 1.165) is 41.8 Å². The molecule has 0 aliphatic heterocycles. The molecule has 4 rings (SSSR count). The van der Waals surface area contributed by atoms with Gasteiger partial charge >= 0.3 is 0 Å². The molecule has 7 heteroatoms. The summed E-state index contributed by atoms with van der Waals surface area (Å²) in [7, 11) is 1.86. The van der Waals surface area contributed by atoms with Gasteiger partial charge in [-0.05, 0) is 37.8 Å². The fourth-order valence-electron chi connectivity index (χ4n) is 3.22. The standard InChI is InChI=1S/C19H24N6O/c1-12(11-25-7-6-13(2)23-25)9-20-19(26)15-8-17(14-4-5-14)22-18-16(15)10-21-24(18)3/h6-8,10,12,14H,4-5,9,11H2,1-3H3,(H,20,26)/t12-/m1/s1. The number of hydrogen-bond donors (Lipinski definition) is 1. The predicted octanol–water partition coefficient (Wildman–Crippen LogP) is 2.42. The molecule has 3 heterocycles. The monoisotopic (exact) mass is 352 g/mol. The molecule has 7 nitrogen and oxygen atoms in total. The van der Waals surface area contributed by atoms with Gasteiger partial charge in [-0.2, -0.15) is 10.2 Å². The molecule has 1 amide bonds. The van der Waals surface area contributed by atoms with Crippen LogP contribution in [0.2, 0.25) is 0 Å². The van der Waals surface area contributed by atoms with Gasteiger partial charge in [-0.25, -0.2) is 4.98 Å². The Bertz CT molecular complexity index is 952. The van der Waals surface area contributed by atoms with E-state index < -0.39 is 0 Å². The summed E-state index contributed by atoms with van der Waals surface area (Å²) in [4.78, 5) is 17.5. The number of carbonyl (C=O) groups excluding carboxylic acids is 1. The number of nitrogens with zero attached hydrogens (tertiary/aromatic N) is 5. The summed E-state index contributed by atoms with van der Waals surface area (Å²) < 4.78 is 3.66. The van der Waals surface area contributed by atoms with Crippen LogP contribution in [0.15, 0.2) is 24.5 Å². The molecular weight excluding hydrogens is 328 g/mol. The minimum absolute atomic E-state index is 0.0594. The highest BCUT2D eigenvalue weighted by atomic mass is 16.1. The lowest BCUT2D eigenvalue weighted by molar-refractivity contribution is 0.0948. The Morgan fingerprint density at radius 2 is 2.23 bits per heavy atom. The number of nitrogens with one attached hydrogen (secondary N) is 1. The minimum Gasteiger partial charge on any atom is -0.352 e. The molecular formula is C19H24N6O. The van der Waals surface area contributed by atoms with Crippen LogP contribution >= 0.6 is 0 Å². The van der Waals surface area contributed by atoms with E-state index in [-0.39, 0.29) is 11.8 Å². The Morgan fingerprint density at radius 1 is 1.42 bits per heavy atom. The van der Waals surface area contributed by atoms with Crippen LogP contribution in [0.4, 0.5) is 0 Å². The van der Waals surface area contributed by atoms with Gasteiger partial charge in [0.05, 0.1) is 22.8 Å². The number of aryl methyl sites for hydroxylation is 2. The normalized spacial score (nSPS) is 15.3. The van der Waals surface area contributed by atoms with Crippen molar-refractivity contribution in [3.05, 3.63) is 41.5 Å². The van der Waals surface area contributed by atoms with Gasteiger partial charge in [0.1, 0.15) is 0 Å². The van der Waals surface area contributed by atoms with Crippen molar-refractivity contribution in [2.75, 3.05) is 6.54 Å². The van der Waals surface area contributed by atoms with E-state index >= 15 is 0 Å². The van der Waals surface area contributed by atoms with Gasteiger partial charge < -0.3 is 5.32 Å². The van der Waals surface area contributed by atoms with Gasteiger partial charge in [-0.15, -0.1) is 0 Å². The molecule has 1 aliphatic rings. The first-order valence-corrected chi connectivity index (χ1v) is 9.12. The van der Waals surface area contributed by atoms with E-state index in [4.69, 9.17) is 4.98 Å². The maximum Gasteiger partial charge on any atom is 0.252 e. The quantitative estimate of drug-likeness (QED) is 0.739. The van der Waals surface area contributed by atoms with Crippen molar-refractivity contribution in [1.29, 1.82) is 0 Å². The van der Waals surface area contributed by atoms with Gasteiger partial charge in [-0.1, -0.05) is 6.92 Å². The number of carbonyl (C=O) groups is 1. The molecule has 0 aromatic carbocycles. The van der Waals surface area contributed by atoms with Crippen LogP contribution in [0.1, 0.15) is 47.4 Å². The predicted molar refractivity (Wildman–Crippen MR) is 98.9 cm³/mol. The number of aromatic nitrogens is 5. The highest BCUT2D eigenvalue weighted by molar-refractivity contribution is 6.05. The number of hydrogen-bond acceptors (Lipinski definition) is 4. The molecule has 1 N–H and O–H groups in total. The van der Waals surface area contributed by atoms with E-state index in [1.165, 1.54) is 0 Å². The summed E-state index contributed by atoms with van der Waals surface area (Å²) in [6.07, 6.45) is 6.00. The van der Waals surface area contributed by atoms with Crippen LogP contribution in [0.3, 0.4) is 0 Å². The zero-order chi connectivity index (χ0) is 18.3. The molecule has 0 radical (unpaired) electrons. The smallest absolute Gasteiger partial charge is 0.252 e. The van der Waals surface area contributed by atoms with Crippen LogP contribution in [0.25, 0.3) is 11.0 Å². The molecule has 0 spiro atoms. The first-order chi connectivity index (χ1) is 12.5. The van der Waals surface area contributed by atoms with Crippen molar-refractivity contribution in [3.8, 4) is 0 Å². The van der Waals surface area contributed by atoms with Crippen LogP contribution in [-0.4, -0.2) is 37.0 Å². The van der Waals surface area contributed by atoms with E-state index in [1.807, 2.05) is 37.0 Å². The Morgan fingerprint density at radius 3 is 2.92 bits per heavy atom. The summed E-state index contributed by atoms with van der Waals surface area (Å²) in [6, 6.07) is 3.93. The Labute approximate surface area is 152 Å². The average Bonchev–Trinajstić information content (AvgIpc) is 3.30. The van der Waals surface area contributed by atoms with Crippen LogP contribution in [-0.2, 0) is 13.6 Å². The van der Waals surface area contributed by atoms with Crippen molar-refractivity contribution in [3.63, 3.8) is 0 Å². The topological polar surface area (TPSA) is 77.6 Å². The molecule has 1 aliphatic carbocycles. The molecule has 26 heavy (non-hydrogen) atoms. The minimum atomic E-state index is -0.0594. The van der Waals surface area contributed by atoms with E-state index in [0.29, 0.717) is 18.0 Å². The van der Waals surface area contributed by atoms with Crippen LogP contribution in [0.5, 0.6) is 0 Å². The second-order valence-corrected chi connectivity index (χ2v) is 7.37. The SMILES string of the molecule is Cc1ccn(C[C@H](C)CNC(=O)c2cc(C3CC3)nc3c2cnn3C)n1. The van der Waals surface area contributed by atoms with Gasteiger partial charge in [0, 0.05) is 37.9 Å². The summed E-state index contributed by atoms with van der Waals surface area (Å²) in [5, 5.41) is 12.6. The van der Waals surface area contributed by atoms with Crippen molar-refractivity contribution in [2.45, 2.75) is 39.2 Å². The molecule has 3 aromatic rings. The van der Waals surface area contributed by atoms with Crippen molar-refractivity contribution < 1.29 is 4.79 Å².